The van der Waals surface area contributed by atoms with Gasteiger partial charge in [-0.25, -0.2) is 0 Å². The first-order valence-electron chi connectivity index (χ1n) is 4.88. The van der Waals surface area contributed by atoms with Gasteiger partial charge in [0.05, 0.1) is 11.3 Å². The molecule has 0 aromatic carbocycles. The van der Waals surface area contributed by atoms with Crippen LogP contribution < -0.4 is 0 Å². The smallest absolute Gasteiger partial charge is 0.143 e. The number of hydrogen-bond donors (Lipinski definition) is 0. The zero-order valence-corrected chi connectivity index (χ0v) is 9.59. The molecule has 0 saturated heterocycles. The van der Waals surface area contributed by atoms with E-state index >= 15 is 0 Å². The molecule has 0 amide bonds. The summed E-state index contributed by atoms with van der Waals surface area (Å²) >= 11 is 0. The summed E-state index contributed by atoms with van der Waals surface area (Å²) < 4.78 is 5.16. The third kappa shape index (κ3) is 1.97. The number of aromatic nitrogens is 1. The lowest BCUT2D eigenvalue weighted by Crippen LogP contribution is -2.11. The Morgan fingerprint density at radius 3 is 2.43 bits per heavy atom. The van der Waals surface area contributed by atoms with Crippen molar-refractivity contribution in [3.8, 4) is 0 Å². The second-order valence-electron chi connectivity index (χ2n) is 3.59. The maximum Gasteiger partial charge on any atom is 0.143 e. The van der Waals surface area contributed by atoms with Crippen molar-refractivity contribution in [2.75, 3.05) is 14.1 Å². The maximum absolute atomic E-state index is 5.16. The number of nitrogens with zero attached hydrogens (tertiary/aromatic N) is 2. The summed E-state index contributed by atoms with van der Waals surface area (Å²) in [5.41, 5.74) is 3.26. The molecule has 78 valence electrons. The predicted molar refractivity (Wildman–Crippen MR) is 57.9 cm³/mol. The fourth-order valence-corrected chi connectivity index (χ4v) is 1.55. The molecule has 0 bridgehead atoms. The van der Waals surface area contributed by atoms with E-state index in [0.29, 0.717) is 0 Å². The number of hydrogen-bond acceptors (Lipinski definition) is 3. The Labute approximate surface area is 85.4 Å². The molecule has 1 aromatic rings. The van der Waals surface area contributed by atoms with Gasteiger partial charge < -0.3 is 9.42 Å². The first-order valence-corrected chi connectivity index (χ1v) is 4.88. The van der Waals surface area contributed by atoms with E-state index in [4.69, 9.17) is 4.52 Å². The minimum Gasteiger partial charge on any atom is -0.377 e. The van der Waals surface area contributed by atoms with E-state index in [1.54, 1.807) is 0 Å². The van der Waals surface area contributed by atoms with E-state index < -0.39 is 0 Å². The minimum atomic E-state index is 0.885. The van der Waals surface area contributed by atoms with Crippen LogP contribution in [0.15, 0.2) is 10.6 Å². The SMILES string of the molecule is CC/C=C(/c1c(C)noc1C)N(C)C. The van der Waals surface area contributed by atoms with Gasteiger partial charge in [-0.3, -0.25) is 0 Å². The van der Waals surface area contributed by atoms with Crippen molar-refractivity contribution in [3.63, 3.8) is 0 Å². The topological polar surface area (TPSA) is 29.3 Å². The number of allylic oxidation sites excluding steroid dienone is 1. The van der Waals surface area contributed by atoms with E-state index in [0.717, 1.165) is 23.4 Å². The Balaban J connectivity index is 3.18. The average molecular weight is 194 g/mol. The molecule has 1 aromatic heterocycles. The molecule has 0 saturated carbocycles. The van der Waals surface area contributed by atoms with Crippen LogP contribution in [0, 0.1) is 13.8 Å². The summed E-state index contributed by atoms with van der Waals surface area (Å²) in [4.78, 5) is 2.09. The highest BCUT2D eigenvalue weighted by Gasteiger charge is 2.14. The molecule has 0 radical (unpaired) electrons. The van der Waals surface area contributed by atoms with Gasteiger partial charge in [-0.05, 0) is 20.3 Å². The Morgan fingerprint density at radius 2 is 2.07 bits per heavy atom. The summed E-state index contributed by atoms with van der Waals surface area (Å²) in [6, 6.07) is 0. The van der Waals surface area contributed by atoms with Crippen LogP contribution in [-0.2, 0) is 0 Å². The van der Waals surface area contributed by atoms with E-state index in [2.05, 4.69) is 23.1 Å². The van der Waals surface area contributed by atoms with E-state index in [1.807, 2.05) is 27.9 Å². The molecular weight excluding hydrogens is 176 g/mol. The Kier molecular flexibility index (Phi) is 3.33. The number of aryl methyl sites for hydroxylation is 2. The van der Waals surface area contributed by atoms with Crippen molar-refractivity contribution in [1.82, 2.24) is 10.1 Å². The van der Waals surface area contributed by atoms with Gasteiger partial charge in [0.25, 0.3) is 0 Å². The summed E-state index contributed by atoms with van der Waals surface area (Å²) in [5.74, 6) is 0.885. The quantitative estimate of drug-likeness (QED) is 0.740. The van der Waals surface area contributed by atoms with Crippen LogP contribution in [0.3, 0.4) is 0 Å². The summed E-state index contributed by atoms with van der Waals surface area (Å²) in [5, 5.41) is 3.96. The van der Waals surface area contributed by atoms with Crippen LogP contribution in [0.4, 0.5) is 0 Å². The van der Waals surface area contributed by atoms with Gasteiger partial charge >= 0.3 is 0 Å². The Bertz CT molecular complexity index is 318. The molecule has 0 spiro atoms. The summed E-state index contributed by atoms with van der Waals surface area (Å²) in [6.07, 6.45) is 3.20. The van der Waals surface area contributed by atoms with Crippen LogP contribution in [0.25, 0.3) is 5.70 Å². The molecule has 1 rings (SSSR count). The van der Waals surface area contributed by atoms with Gasteiger partial charge in [-0.15, -0.1) is 0 Å². The fraction of sp³-hybridized carbons (Fsp3) is 0.545. The molecule has 0 N–H and O–H groups in total. The maximum atomic E-state index is 5.16. The Morgan fingerprint density at radius 1 is 1.43 bits per heavy atom. The van der Waals surface area contributed by atoms with Crippen LogP contribution in [-0.4, -0.2) is 24.2 Å². The molecule has 1 heterocycles. The van der Waals surface area contributed by atoms with E-state index in [1.165, 1.54) is 5.70 Å². The zero-order valence-electron chi connectivity index (χ0n) is 9.59. The average Bonchev–Trinajstić information content (AvgIpc) is 2.43. The second-order valence-corrected chi connectivity index (χ2v) is 3.59. The monoisotopic (exact) mass is 194 g/mol. The lowest BCUT2D eigenvalue weighted by Gasteiger charge is -2.16. The van der Waals surface area contributed by atoms with Gasteiger partial charge in [0.2, 0.25) is 0 Å². The molecule has 3 heteroatoms. The van der Waals surface area contributed by atoms with Crippen molar-refractivity contribution < 1.29 is 4.52 Å². The minimum absolute atomic E-state index is 0.885. The first-order chi connectivity index (χ1) is 6.57. The highest BCUT2D eigenvalue weighted by Crippen LogP contribution is 2.24. The molecule has 3 nitrogen and oxygen atoms in total. The van der Waals surface area contributed by atoms with Crippen molar-refractivity contribution in [2.45, 2.75) is 27.2 Å². The van der Waals surface area contributed by atoms with Crippen LogP contribution in [0.5, 0.6) is 0 Å². The van der Waals surface area contributed by atoms with E-state index in [-0.39, 0.29) is 0 Å². The predicted octanol–water partition coefficient (Wildman–Crippen LogP) is 2.60. The van der Waals surface area contributed by atoms with Gasteiger partial charge in [-0.2, -0.15) is 0 Å². The third-order valence-corrected chi connectivity index (χ3v) is 2.17. The normalized spacial score (nSPS) is 11.9. The van der Waals surface area contributed by atoms with Crippen LogP contribution >= 0.6 is 0 Å². The standard InChI is InChI=1S/C11H18N2O/c1-6-7-10(13(4)5)11-8(2)12-14-9(11)3/h7H,6H2,1-5H3/b10-7-. The van der Waals surface area contributed by atoms with Crippen molar-refractivity contribution in [3.05, 3.63) is 23.1 Å². The highest BCUT2D eigenvalue weighted by molar-refractivity contribution is 5.66. The highest BCUT2D eigenvalue weighted by atomic mass is 16.5. The fourth-order valence-electron chi connectivity index (χ4n) is 1.55. The largest absolute Gasteiger partial charge is 0.377 e. The van der Waals surface area contributed by atoms with Crippen molar-refractivity contribution in [1.29, 1.82) is 0 Å². The molecule has 0 atom stereocenters. The van der Waals surface area contributed by atoms with Crippen LogP contribution in [0.1, 0.15) is 30.4 Å². The molecule has 14 heavy (non-hydrogen) atoms. The number of rotatable bonds is 3. The van der Waals surface area contributed by atoms with Gasteiger partial charge in [-0.1, -0.05) is 18.2 Å². The lowest BCUT2D eigenvalue weighted by molar-refractivity contribution is 0.392. The van der Waals surface area contributed by atoms with Crippen molar-refractivity contribution >= 4 is 5.70 Å². The molecule has 0 fully saturated rings. The summed E-state index contributed by atoms with van der Waals surface area (Å²) in [6.45, 7) is 6.04. The molecule has 0 aliphatic heterocycles. The van der Waals surface area contributed by atoms with Crippen LogP contribution in [0.2, 0.25) is 0 Å². The lowest BCUT2D eigenvalue weighted by atomic mass is 10.1. The zero-order chi connectivity index (χ0) is 10.7. The van der Waals surface area contributed by atoms with Gasteiger partial charge in [0.15, 0.2) is 0 Å². The molecular formula is C11H18N2O. The molecule has 0 aliphatic carbocycles. The first kappa shape index (κ1) is 10.8. The summed E-state index contributed by atoms with van der Waals surface area (Å²) in [7, 11) is 4.07. The van der Waals surface area contributed by atoms with Gasteiger partial charge in [0, 0.05) is 19.8 Å². The second kappa shape index (κ2) is 4.31. The molecule has 0 aliphatic rings. The Hall–Kier alpha value is -1.25. The van der Waals surface area contributed by atoms with E-state index in [9.17, 15) is 0 Å². The molecule has 0 unspecified atom stereocenters. The third-order valence-electron chi connectivity index (χ3n) is 2.17. The van der Waals surface area contributed by atoms with Crippen molar-refractivity contribution in [2.24, 2.45) is 0 Å². The van der Waals surface area contributed by atoms with Gasteiger partial charge in [0.1, 0.15) is 5.76 Å².